The van der Waals surface area contributed by atoms with E-state index < -0.39 is 0 Å². The lowest BCUT2D eigenvalue weighted by Gasteiger charge is -2.44. The zero-order valence-electron chi connectivity index (χ0n) is 13.3. The predicted molar refractivity (Wildman–Crippen MR) is 82.7 cm³/mol. The molecule has 2 rings (SSSR count). The third kappa shape index (κ3) is 1.35. The largest absolute Gasteiger partial charge is 0.505 e. The Bertz CT molecular complexity index is 587. The van der Waals surface area contributed by atoms with Crippen LogP contribution >= 0.6 is 0 Å². The molecule has 0 amide bonds. The minimum Gasteiger partial charge on any atom is -0.505 e. The molecule has 0 saturated heterocycles. The second-order valence-electron chi connectivity index (χ2n) is 7.44. The molecular formula is C16H26N2O2. The Morgan fingerprint density at radius 3 is 1.75 bits per heavy atom. The Morgan fingerprint density at radius 2 is 1.30 bits per heavy atom. The number of benzene rings is 1. The van der Waals surface area contributed by atoms with Crippen molar-refractivity contribution in [2.45, 2.75) is 59.0 Å². The Labute approximate surface area is 120 Å². The summed E-state index contributed by atoms with van der Waals surface area (Å²) in [6, 6.07) is 0. The van der Waals surface area contributed by atoms with Crippen LogP contribution in [0.5, 0.6) is 5.75 Å². The molecule has 0 aliphatic heterocycles. The molecule has 4 nitrogen and oxygen atoms in total. The molecule has 0 spiro atoms. The zero-order chi connectivity index (χ0) is 15.7. The van der Waals surface area contributed by atoms with E-state index in [1.165, 1.54) is 0 Å². The number of hydrogen-bond donors (Lipinski definition) is 4. The van der Waals surface area contributed by atoms with E-state index in [1.54, 1.807) is 0 Å². The fourth-order valence-electron chi connectivity index (χ4n) is 3.70. The van der Waals surface area contributed by atoms with Gasteiger partial charge in [-0.1, -0.05) is 41.5 Å². The zero-order valence-corrected chi connectivity index (χ0v) is 13.3. The van der Waals surface area contributed by atoms with E-state index >= 15 is 0 Å². The first-order valence-corrected chi connectivity index (χ1v) is 6.97. The Morgan fingerprint density at radius 1 is 0.850 bits per heavy atom. The van der Waals surface area contributed by atoms with Gasteiger partial charge < -0.3 is 21.7 Å². The first-order valence-electron chi connectivity index (χ1n) is 6.97. The van der Waals surface area contributed by atoms with Gasteiger partial charge in [-0.25, -0.2) is 0 Å². The van der Waals surface area contributed by atoms with E-state index in [9.17, 15) is 10.2 Å². The van der Waals surface area contributed by atoms with Crippen LogP contribution in [0.3, 0.4) is 0 Å². The molecule has 0 bridgehead atoms. The van der Waals surface area contributed by atoms with Gasteiger partial charge in [0, 0.05) is 11.1 Å². The summed E-state index contributed by atoms with van der Waals surface area (Å²) in [7, 11) is 0. The second kappa shape index (κ2) is 3.82. The van der Waals surface area contributed by atoms with E-state index in [-0.39, 0.29) is 34.3 Å². The highest BCUT2D eigenvalue weighted by atomic mass is 16.3. The van der Waals surface area contributed by atoms with Crippen molar-refractivity contribution >= 4 is 11.4 Å². The van der Waals surface area contributed by atoms with Crippen molar-refractivity contribution in [3.05, 3.63) is 16.7 Å². The summed E-state index contributed by atoms with van der Waals surface area (Å²) in [5, 5.41) is 20.3. The van der Waals surface area contributed by atoms with Crippen molar-refractivity contribution in [3.63, 3.8) is 0 Å². The van der Waals surface area contributed by atoms with Crippen LogP contribution in [0.15, 0.2) is 0 Å². The normalized spacial score (nSPS) is 21.8. The lowest BCUT2D eigenvalue weighted by atomic mass is 9.59. The number of anilines is 2. The van der Waals surface area contributed by atoms with Crippen molar-refractivity contribution in [2.75, 3.05) is 11.5 Å². The summed E-state index contributed by atoms with van der Waals surface area (Å²) in [6.07, 6.45) is 0. The van der Waals surface area contributed by atoms with Gasteiger partial charge in [0.1, 0.15) is 5.75 Å². The number of nitrogens with two attached hydrogens (primary N) is 2. The van der Waals surface area contributed by atoms with Gasteiger partial charge in [-0.2, -0.15) is 0 Å². The van der Waals surface area contributed by atoms with Crippen LogP contribution in [0.1, 0.15) is 58.2 Å². The van der Waals surface area contributed by atoms with Gasteiger partial charge in [0.05, 0.1) is 18.0 Å². The van der Waals surface area contributed by atoms with Gasteiger partial charge in [-0.15, -0.1) is 0 Å². The number of phenolic OH excluding ortho intramolecular Hbond substituents is 1. The first kappa shape index (κ1) is 15.0. The molecule has 112 valence electrons. The van der Waals surface area contributed by atoms with Gasteiger partial charge in [0.25, 0.3) is 0 Å². The average Bonchev–Trinajstić information content (AvgIpc) is 2.44. The van der Waals surface area contributed by atoms with Crippen LogP contribution in [-0.2, 0) is 17.4 Å². The number of phenols is 1. The van der Waals surface area contributed by atoms with Crippen molar-refractivity contribution in [1.29, 1.82) is 0 Å². The van der Waals surface area contributed by atoms with E-state index in [0.717, 1.165) is 11.1 Å². The molecule has 0 aromatic heterocycles. The van der Waals surface area contributed by atoms with Crippen LogP contribution in [0.4, 0.5) is 11.4 Å². The molecule has 0 unspecified atom stereocenters. The van der Waals surface area contributed by atoms with Crippen molar-refractivity contribution < 1.29 is 10.2 Å². The number of aliphatic hydroxyl groups excluding tert-OH is 1. The average molecular weight is 278 g/mol. The summed E-state index contributed by atoms with van der Waals surface area (Å²) in [5.41, 5.74) is 14.2. The summed E-state index contributed by atoms with van der Waals surface area (Å²) in [6.45, 7) is 12.7. The molecule has 6 N–H and O–H groups in total. The lowest BCUT2D eigenvalue weighted by Crippen LogP contribution is -2.42. The van der Waals surface area contributed by atoms with Gasteiger partial charge in [-0.05, 0) is 21.8 Å². The number of rotatable bonds is 1. The standard InChI is InChI=1S/C16H26N2O2/c1-14(2)9-8(7-19)11(17)12(18)13(20)10(9)15(3,4)16(14,5)6/h19-20H,7,17-18H2,1-6H3. The smallest absolute Gasteiger partial charge is 0.144 e. The molecule has 0 saturated carbocycles. The minimum atomic E-state index is -0.276. The second-order valence-corrected chi connectivity index (χ2v) is 7.44. The Hall–Kier alpha value is -1.42. The summed E-state index contributed by atoms with van der Waals surface area (Å²) in [5.74, 6) is 0.0679. The lowest BCUT2D eigenvalue weighted by molar-refractivity contribution is 0.123. The fraction of sp³-hybridized carbons (Fsp3) is 0.625. The number of aromatic hydroxyl groups is 1. The Balaban J connectivity index is 3.03. The van der Waals surface area contributed by atoms with E-state index in [4.69, 9.17) is 11.5 Å². The van der Waals surface area contributed by atoms with Crippen molar-refractivity contribution in [1.82, 2.24) is 0 Å². The van der Waals surface area contributed by atoms with Gasteiger partial charge in [0.2, 0.25) is 0 Å². The molecular weight excluding hydrogens is 252 g/mol. The summed E-state index contributed by atoms with van der Waals surface area (Å²) < 4.78 is 0. The quantitative estimate of drug-likeness (QED) is 0.469. The molecule has 20 heavy (non-hydrogen) atoms. The number of nitrogen functional groups attached to an aromatic ring is 2. The van der Waals surface area contributed by atoms with E-state index in [0.29, 0.717) is 11.3 Å². The van der Waals surface area contributed by atoms with Crippen LogP contribution in [0, 0.1) is 5.41 Å². The number of hydrogen-bond acceptors (Lipinski definition) is 4. The molecule has 1 aliphatic carbocycles. The number of aliphatic hydroxyl groups is 1. The van der Waals surface area contributed by atoms with Crippen LogP contribution < -0.4 is 11.5 Å². The molecule has 1 aromatic carbocycles. The maximum Gasteiger partial charge on any atom is 0.144 e. The molecule has 0 fully saturated rings. The van der Waals surface area contributed by atoms with Crippen LogP contribution in [0.2, 0.25) is 0 Å². The summed E-state index contributed by atoms with van der Waals surface area (Å²) in [4.78, 5) is 0. The third-order valence-electron chi connectivity index (χ3n) is 6.19. The highest BCUT2D eigenvalue weighted by Crippen LogP contribution is 2.65. The first-order chi connectivity index (χ1) is 8.92. The van der Waals surface area contributed by atoms with E-state index in [2.05, 4.69) is 41.5 Å². The maximum atomic E-state index is 10.5. The fourth-order valence-corrected chi connectivity index (χ4v) is 3.70. The van der Waals surface area contributed by atoms with Crippen LogP contribution in [-0.4, -0.2) is 10.2 Å². The molecule has 1 aliphatic rings. The Kier molecular flexibility index (Phi) is 2.86. The molecule has 0 radical (unpaired) electrons. The molecule has 0 atom stereocenters. The van der Waals surface area contributed by atoms with Crippen molar-refractivity contribution in [3.8, 4) is 5.75 Å². The maximum absolute atomic E-state index is 10.5. The number of fused-ring (bicyclic) bond motifs is 1. The van der Waals surface area contributed by atoms with Gasteiger partial charge in [0.15, 0.2) is 0 Å². The minimum absolute atomic E-state index is 0.0679. The van der Waals surface area contributed by atoms with Crippen molar-refractivity contribution in [2.24, 2.45) is 5.41 Å². The molecule has 4 heteroatoms. The SMILES string of the molecule is CC1(C)c2c(O)c(N)c(N)c(CO)c2C(C)(C)C1(C)C. The molecule has 0 heterocycles. The monoisotopic (exact) mass is 278 g/mol. The highest BCUT2D eigenvalue weighted by molar-refractivity contribution is 5.81. The van der Waals surface area contributed by atoms with Gasteiger partial charge in [-0.3, -0.25) is 0 Å². The summed E-state index contributed by atoms with van der Waals surface area (Å²) >= 11 is 0. The molecule has 1 aromatic rings. The third-order valence-corrected chi connectivity index (χ3v) is 6.19. The van der Waals surface area contributed by atoms with Crippen LogP contribution in [0.25, 0.3) is 0 Å². The van der Waals surface area contributed by atoms with Gasteiger partial charge >= 0.3 is 0 Å². The van der Waals surface area contributed by atoms with E-state index in [1.807, 2.05) is 0 Å². The topological polar surface area (TPSA) is 92.5 Å². The predicted octanol–water partition coefficient (Wildman–Crippen LogP) is 2.64. The highest BCUT2D eigenvalue weighted by Gasteiger charge is 2.59.